The number of aromatic nitrogens is 1. The first-order valence-electron chi connectivity index (χ1n) is 13.9. The number of nitrogens with one attached hydrogen (secondary N) is 1. The van der Waals surface area contributed by atoms with E-state index in [1.807, 2.05) is 30.3 Å². The zero-order valence-corrected chi connectivity index (χ0v) is 23.5. The summed E-state index contributed by atoms with van der Waals surface area (Å²) in [6, 6.07) is 13.2. The van der Waals surface area contributed by atoms with E-state index in [2.05, 4.69) is 14.8 Å². The maximum Gasteiger partial charge on any atom is 0.259 e. The summed E-state index contributed by atoms with van der Waals surface area (Å²) in [6.45, 7) is 9.68. The Morgan fingerprint density at radius 3 is 2.33 bits per heavy atom. The Labute approximate surface area is 239 Å². The Balaban J connectivity index is 1.30. The van der Waals surface area contributed by atoms with Gasteiger partial charge in [-0.1, -0.05) is 29.8 Å². The number of nitrogens with zero attached hydrogens (tertiary/aromatic N) is 3. The molecule has 40 heavy (non-hydrogen) atoms. The molecule has 1 amide bonds. The summed E-state index contributed by atoms with van der Waals surface area (Å²) in [5.41, 5.74) is 2.53. The van der Waals surface area contributed by atoms with E-state index in [1.165, 1.54) is 6.20 Å². The second-order valence-corrected chi connectivity index (χ2v) is 10.7. The van der Waals surface area contributed by atoms with Crippen LogP contribution < -0.4 is 5.43 Å². The molecule has 0 unspecified atom stereocenters. The molecule has 0 aliphatic carbocycles. The highest BCUT2D eigenvalue weighted by Crippen LogP contribution is 2.17. The van der Waals surface area contributed by atoms with Crippen molar-refractivity contribution in [1.82, 2.24) is 19.7 Å². The Morgan fingerprint density at radius 1 is 0.925 bits per heavy atom. The molecule has 2 aromatic carbocycles. The molecule has 214 valence electrons. The summed E-state index contributed by atoms with van der Waals surface area (Å²) in [6.07, 6.45) is 1.53. The topological polar surface area (TPSA) is 87.3 Å². The van der Waals surface area contributed by atoms with E-state index in [9.17, 15) is 9.59 Å². The lowest BCUT2D eigenvalue weighted by molar-refractivity contribution is 0.0174. The zero-order valence-electron chi connectivity index (χ0n) is 22.8. The van der Waals surface area contributed by atoms with E-state index in [0.717, 1.165) is 63.6 Å². The number of amides is 1. The molecule has 3 aromatic rings. The van der Waals surface area contributed by atoms with Crippen LogP contribution >= 0.6 is 11.6 Å². The van der Waals surface area contributed by atoms with Gasteiger partial charge in [-0.3, -0.25) is 19.4 Å². The first-order chi connectivity index (χ1) is 19.6. The van der Waals surface area contributed by atoms with Crippen LogP contribution in [0.15, 0.2) is 53.5 Å². The maximum absolute atomic E-state index is 13.8. The fraction of sp³-hybridized carbons (Fsp3) is 0.467. The molecule has 0 saturated carbocycles. The molecule has 0 spiro atoms. The minimum atomic E-state index is -0.325. The number of fused-ring (bicyclic) bond motifs is 1. The number of ether oxygens (including phenoxy) is 3. The summed E-state index contributed by atoms with van der Waals surface area (Å²) in [5.74, 6) is -0.325. The molecule has 2 fully saturated rings. The highest BCUT2D eigenvalue weighted by molar-refractivity contribution is 6.30. The van der Waals surface area contributed by atoms with E-state index in [1.54, 1.807) is 17.0 Å². The van der Waals surface area contributed by atoms with Crippen molar-refractivity contribution in [2.75, 3.05) is 78.9 Å². The molecule has 0 radical (unpaired) electrons. The number of morpholine rings is 2. The van der Waals surface area contributed by atoms with Crippen molar-refractivity contribution in [1.29, 1.82) is 0 Å². The van der Waals surface area contributed by atoms with Crippen molar-refractivity contribution in [3.05, 3.63) is 80.6 Å². The number of H-pyrrole nitrogens is 1. The van der Waals surface area contributed by atoms with E-state index in [0.29, 0.717) is 55.4 Å². The Hall–Kier alpha value is -2.79. The Morgan fingerprint density at radius 2 is 1.60 bits per heavy atom. The van der Waals surface area contributed by atoms with Gasteiger partial charge in [0.05, 0.1) is 39.6 Å². The average Bonchev–Trinajstić information content (AvgIpc) is 2.98. The number of hydrogen-bond acceptors (Lipinski definition) is 7. The van der Waals surface area contributed by atoms with Crippen molar-refractivity contribution in [3.8, 4) is 0 Å². The number of pyridine rings is 1. The number of rotatable bonds is 11. The van der Waals surface area contributed by atoms with Gasteiger partial charge in [-0.2, -0.15) is 0 Å². The van der Waals surface area contributed by atoms with Gasteiger partial charge < -0.3 is 24.1 Å². The van der Waals surface area contributed by atoms with Gasteiger partial charge in [-0.05, 0) is 35.4 Å². The van der Waals surface area contributed by atoms with Crippen LogP contribution in [0.25, 0.3) is 10.9 Å². The van der Waals surface area contributed by atoms with Gasteiger partial charge >= 0.3 is 0 Å². The van der Waals surface area contributed by atoms with Gasteiger partial charge in [-0.15, -0.1) is 0 Å². The van der Waals surface area contributed by atoms with Crippen LogP contribution in [0.1, 0.15) is 21.5 Å². The SMILES string of the molecule is O=C(c1c[nH]c2ccc(CN3CCOCC3)cc2c1=O)N(CCOCCN1CCOCC1)Cc1ccc(Cl)cc1. The number of carbonyl (C=O) groups excluding carboxylic acids is 1. The quantitative estimate of drug-likeness (QED) is 0.356. The van der Waals surface area contributed by atoms with Crippen LogP contribution in [0.3, 0.4) is 0 Å². The molecule has 2 aliphatic heterocycles. The third kappa shape index (κ3) is 7.69. The number of halogens is 1. The minimum Gasteiger partial charge on any atom is -0.379 e. The molecular weight excluding hydrogens is 532 g/mol. The smallest absolute Gasteiger partial charge is 0.259 e. The van der Waals surface area contributed by atoms with Crippen molar-refractivity contribution >= 4 is 28.4 Å². The zero-order chi connectivity index (χ0) is 27.7. The average molecular weight is 569 g/mol. The van der Waals surface area contributed by atoms with Crippen LogP contribution in [-0.4, -0.2) is 105 Å². The fourth-order valence-electron chi connectivity index (χ4n) is 5.07. The van der Waals surface area contributed by atoms with Crippen molar-refractivity contribution in [2.24, 2.45) is 0 Å². The number of aromatic amines is 1. The van der Waals surface area contributed by atoms with Gasteiger partial charge in [0.2, 0.25) is 5.43 Å². The van der Waals surface area contributed by atoms with Crippen LogP contribution in [0.5, 0.6) is 0 Å². The third-order valence-corrected chi connectivity index (χ3v) is 7.67. The highest BCUT2D eigenvalue weighted by Gasteiger charge is 2.21. The number of benzene rings is 2. The summed E-state index contributed by atoms with van der Waals surface area (Å²) in [4.78, 5) is 36.8. The monoisotopic (exact) mass is 568 g/mol. The molecule has 1 aromatic heterocycles. The first-order valence-corrected chi connectivity index (χ1v) is 14.3. The molecule has 9 nitrogen and oxygen atoms in total. The van der Waals surface area contributed by atoms with E-state index < -0.39 is 0 Å². The summed E-state index contributed by atoms with van der Waals surface area (Å²) < 4.78 is 16.7. The first kappa shape index (κ1) is 28.7. The van der Waals surface area contributed by atoms with E-state index in [-0.39, 0.29) is 16.9 Å². The van der Waals surface area contributed by atoms with Crippen molar-refractivity contribution < 1.29 is 19.0 Å². The van der Waals surface area contributed by atoms with Gasteiger partial charge in [0, 0.05) is 74.5 Å². The van der Waals surface area contributed by atoms with Crippen LogP contribution in [0.4, 0.5) is 0 Å². The maximum atomic E-state index is 13.8. The van der Waals surface area contributed by atoms with Gasteiger partial charge in [-0.25, -0.2) is 0 Å². The number of carbonyl (C=O) groups is 1. The second-order valence-electron chi connectivity index (χ2n) is 10.2. The highest BCUT2D eigenvalue weighted by atomic mass is 35.5. The standard InChI is InChI=1S/C30H37ClN4O5/c31-25-4-1-23(2-5-25)22-35(12-18-40-15-9-33-7-13-38-14-8-33)30(37)27-20-32-28-6-3-24(19-26(28)29(27)36)21-34-10-16-39-17-11-34/h1-6,19-20H,7-18,21-22H2,(H,32,36). The van der Waals surface area contributed by atoms with Gasteiger partial charge in [0.25, 0.3) is 5.91 Å². The lowest BCUT2D eigenvalue weighted by Gasteiger charge is -2.27. The second kappa shape index (κ2) is 14.2. The largest absolute Gasteiger partial charge is 0.379 e. The third-order valence-electron chi connectivity index (χ3n) is 7.42. The van der Waals surface area contributed by atoms with Gasteiger partial charge in [0.15, 0.2) is 0 Å². The molecule has 2 saturated heterocycles. The van der Waals surface area contributed by atoms with Crippen LogP contribution in [0, 0.1) is 0 Å². The van der Waals surface area contributed by atoms with Gasteiger partial charge in [0.1, 0.15) is 5.56 Å². The Kier molecular flexibility index (Phi) is 10.2. The van der Waals surface area contributed by atoms with E-state index >= 15 is 0 Å². The van der Waals surface area contributed by atoms with Crippen molar-refractivity contribution in [3.63, 3.8) is 0 Å². The van der Waals surface area contributed by atoms with Crippen molar-refractivity contribution in [2.45, 2.75) is 13.1 Å². The minimum absolute atomic E-state index is 0.123. The molecule has 5 rings (SSSR count). The fourth-order valence-corrected chi connectivity index (χ4v) is 5.19. The molecule has 3 heterocycles. The summed E-state index contributed by atoms with van der Waals surface area (Å²) in [5, 5.41) is 1.15. The lowest BCUT2D eigenvalue weighted by Crippen LogP contribution is -2.39. The molecular formula is C30H37ClN4O5. The molecule has 0 bridgehead atoms. The molecule has 10 heteroatoms. The number of hydrogen-bond donors (Lipinski definition) is 1. The normalized spacial score (nSPS) is 16.8. The van der Waals surface area contributed by atoms with Crippen LogP contribution in [-0.2, 0) is 27.3 Å². The Bertz CT molecular complexity index is 1320. The predicted octanol–water partition coefficient (Wildman–Crippen LogP) is 3.00. The summed E-state index contributed by atoms with van der Waals surface area (Å²) in [7, 11) is 0. The van der Waals surface area contributed by atoms with Crippen LogP contribution in [0.2, 0.25) is 5.02 Å². The summed E-state index contributed by atoms with van der Waals surface area (Å²) >= 11 is 6.07. The van der Waals surface area contributed by atoms with E-state index in [4.69, 9.17) is 25.8 Å². The molecule has 0 atom stereocenters. The molecule has 1 N–H and O–H groups in total. The predicted molar refractivity (Wildman–Crippen MR) is 155 cm³/mol. The lowest BCUT2D eigenvalue weighted by atomic mass is 10.1. The molecule has 2 aliphatic rings.